The zero-order chi connectivity index (χ0) is 14.6. The van der Waals surface area contributed by atoms with Crippen molar-refractivity contribution in [3.05, 3.63) is 11.3 Å². The molecule has 0 saturated heterocycles. The molecule has 2 heteroatoms. The molecule has 0 N–H and O–H groups in total. The zero-order valence-corrected chi connectivity index (χ0v) is 14.0. The third-order valence-electron chi connectivity index (χ3n) is 4.57. The Morgan fingerprint density at radius 2 is 1.74 bits per heavy atom. The van der Waals surface area contributed by atoms with Crippen molar-refractivity contribution in [1.82, 2.24) is 4.90 Å². The van der Waals surface area contributed by atoms with Crippen molar-refractivity contribution in [2.24, 2.45) is 22.7 Å². The maximum Gasteiger partial charge on any atom is 0.104 e. The fourth-order valence-corrected chi connectivity index (χ4v) is 2.59. The molecule has 19 heavy (non-hydrogen) atoms. The number of amidine groups is 1. The Morgan fingerprint density at radius 3 is 2.21 bits per heavy atom. The quantitative estimate of drug-likeness (QED) is 0.701. The van der Waals surface area contributed by atoms with Gasteiger partial charge in [-0.2, -0.15) is 0 Å². The predicted molar refractivity (Wildman–Crippen MR) is 85.5 cm³/mol. The molecule has 1 unspecified atom stereocenters. The Hall–Kier alpha value is -0.790. The molecule has 0 amide bonds. The van der Waals surface area contributed by atoms with Crippen molar-refractivity contribution in [2.45, 2.75) is 60.8 Å². The summed E-state index contributed by atoms with van der Waals surface area (Å²) in [6.07, 6.45) is 3.55. The molecule has 1 aliphatic heterocycles. The van der Waals surface area contributed by atoms with Crippen LogP contribution in [0, 0.1) is 17.8 Å². The van der Waals surface area contributed by atoms with E-state index < -0.39 is 0 Å². The second kappa shape index (κ2) is 7.12. The van der Waals surface area contributed by atoms with Crippen LogP contribution in [0.5, 0.6) is 0 Å². The van der Waals surface area contributed by atoms with Gasteiger partial charge in [0.15, 0.2) is 0 Å². The van der Waals surface area contributed by atoms with Crippen molar-refractivity contribution < 1.29 is 0 Å². The van der Waals surface area contributed by atoms with Gasteiger partial charge in [0.25, 0.3) is 0 Å². The van der Waals surface area contributed by atoms with E-state index in [1.807, 2.05) is 0 Å². The average molecular weight is 264 g/mol. The van der Waals surface area contributed by atoms with Crippen LogP contribution in [0.15, 0.2) is 16.3 Å². The molecule has 1 heterocycles. The molecule has 0 spiro atoms. The van der Waals surface area contributed by atoms with Crippen molar-refractivity contribution in [2.75, 3.05) is 13.6 Å². The minimum Gasteiger partial charge on any atom is -0.363 e. The number of allylic oxidation sites excluding steroid dienone is 2. The summed E-state index contributed by atoms with van der Waals surface area (Å²) < 4.78 is 0. The van der Waals surface area contributed by atoms with E-state index in [1.54, 1.807) is 0 Å². The lowest BCUT2D eigenvalue weighted by Crippen LogP contribution is -2.31. The molecular formula is C17H32N2. The highest BCUT2D eigenvalue weighted by Crippen LogP contribution is 2.26. The second-order valence-corrected chi connectivity index (χ2v) is 6.72. The van der Waals surface area contributed by atoms with Crippen LogP contribution >= 0.6 is 0 Å². The largest absolute Gasteiger partial charge is 0.363 e. The highest BCUT2D eigenvalue weighted by atomic mass is 15.2. The Balaban J connectivity index is 2.59. The molecule has 0 aromatic heterocycles. The van der Waals surface area contributed by atoms with Gasteiger partial charge in [-0.15, -0.1) is 0 Å². The van der Waals surface area contributed by atoms with E-state index in [0.717, 1.165) is 24.8 Å². The number of rotatable bonds is 5. The third-order valence-corrected chi connectivity index (χ3v) is 4.57. The minimum atomic E-state index is 0.636. The summed E-state index contributed by atoms with van der Waals surface area (Å²) in [7, 11) is 2.19. The molecule has 0 aliphatic carbocycles. The molecule has 1 aliphatic rings. The molecule has 1 rings (SSSR count). The van der Waals surface area contributed by atoms with Crippen LogP contribution in [-0.2, 0) is 0 Å². The van der Waals surface area contributed by atoms with Gasteiger partial charge in [0.2, 0.25) is 0 Å². The Bertz CT molecular complexity index is 350. The average Bonchev–Trinajstić information content (AvgIpc) is 2.34. The van der Waals surface area contributed by atoms with E-state index in [-0.39, 0.29) is 0 Å². The highest BCUT2D eigenvalue weighted by Gasteiger charge is 2.18. The molecule has 0 aromatic rings. The molecular weight excluding hydrogens is 232 g/mol. The van der Waals surface area contributed by atoms with Crippen LogP contribution in [0.4, 0.5) is 0 Å². The van der Waals surface area contributed by atoms with Crippen LogP contribution in [0.2, 0.25) is 0 Å². The summed E-state index contributed by atoms with van der Waals surface area (Å²) in [5.74, 6) is 3.47. The smallest absolute Gasteiger partial charge is 0.104 e. The lowest BCUT2D eigenvalue weighted by Gasteiger charge is -2.28. The van der Waals surface area contributed by atoms with Crippen molar-refractivity contribution in [3.8, 4) is 0 Å². The molecule has 110 valence electrons. The van der Waals surface area contributed by atoms with Crippen LogP contribution in [0.25, 0.3) is 0 Å². The Labute approximate surface area is 120 Å². The topological polar surface area (TPSA) is 15.6 Å². The SMILES string of the molecule is CC1=C(C(C)C)CCC(N(C)CCC(C)C(C)C)=N1. The van der Waals surface area contributed by atoms with Crippen LogP contribution < -0.4 is 0 Å². The number of nitrogens with zero attached hydrogens (tertiary/aromatic N) is 2. The minimum absolute atomic E-state index is 0.636. The summed E-state index contributed by atoms with van der Waals surface area (Å²) in [5, 5.41) is 0. The van der Waals surface area contributed by atoms with Gasteiger partial charge in [0.05, 0.1) is 0 Å². The van der Waals surface area contributed by atoms with Gasteiger partial charge in [0.1, 0.15) is 5.84 Å². The summed E-state index contributed by atoms with van der Waals surface area (Å²) in [6.45, 7) is 14.8. The maximum absolute atomic E-state index is 4.83. The van der Waals surface area contributed by atoms with Gasteiger partial charge in [-0.05, 0) is 43.1 Å². The van der Waals surface area contributed by atoms with Gasteiger partial charge in [-0.1, -0.05) is 34.6 Å². The summed E-state index contributed by atoms with van der Waals surface area (Å²) in [5.41, 5.74) is 2.78. The number of aliphatic imine (C=N–C) groups is 1. The maximum atomic E-state index is 4.83. The fourth-order valence-electron chi connectivity index (χ4n) is 2.59. The normalized spacial score (nSPS) is 18.1. The van der Waals surface area contributed by atoms with Crippen LogP contribution in [-0.4, -0.2) is 24.3 Å². The van der Waals surface area contributed by atoms with E-state index in [9.17, 15) is 0 Å². The lowest BCUT2D eigenvalue weighted by atomic mass is 9.93. The third kappa shape index (κ3) is 4.67. The monoisotopic (exact) mass is 264 g/mol. The van der Waals surface area contributed by atoms with Crippen LogP contribution in [0.3, 0.4) is 0 Å². The van der Waals surface area contributed by atoms with Crippen molar-refractivity contribution >= 4 is 5.84 Å². The van der Waals surface area contributed by atoms with Gasteiger partial charge >= 0.3 is 0 Å². The highest BCUT2D eigenvalue weighted by molar-refractivity contribution is 5.84. The van der Waals surface area contributed by atoms with Gasteiger partial charge < -0.3 is 4.90 Å². The number of hydrogen-bond acceptors (Lipinski definition) is 2. The molecule has 0 radical (unpaired) electrons. The van der Waals surface area contributed by atoms with Crippen molar-refractivity contribution in [1.29, 1.82) is 0 Å². The molecule has 1 atom stereocenters. The molecule has 0 aromatic carbocycles. The molecule has 0 bridgehead atoms. The van der Waals surface area contributed by atoms with Gasteiger partial charge in [-0.25, -0.2) is 4.99 Å². The Kier molecular flexibility index (Phi) is 6.09. The first-order chi connectivity index (χ1) is 8.82. The molecule has 2 nitrogen and oxygen atoms in total. The first-order valence-corrected chi connectivity index (χ1v) is 7.81. The second-order valence-electron chi connectivity index (χ2n) is 6.72. The lowest BCUT2D eigenvalue weighted by molar-refractivity contribution is 0.345. The Morgan fingerprint density at radius 1 is 1.11 bits per heavy atom. The zero-order valence-electron chi connectivity index (χ0n) is 14.0. The molecule has 0 fully saturated rings. The summed E-state index contributed by atoms with van der Waals surface area (Å²) >= 11 is 0. The summed E-state index contributed by atoms with van der Waals surface area (Å²) in [6, 6.07) is 0. The standard InChI is InChI=1S/C17H32N2/c1-12(2)14(5)10-11-19(7)17-9-8-16(13(3)4)15(6)18-17/h12-14H,8-11H2,1-7H3. The first-order valence-electron chi connectivity index (χ1n) is 7.81. The van der Waals surface area contributed by atoms with E-state index >= 15 is 0 Å². The molecule has 0 saturated carbocycles. The van der Waals surface area contributed by atoms with Crippen LogP contribution in [0.1, 0.15) is 60.8 Å². The van der Waals surface area contributed by atoms with E-state index in [0.29, 0.717) is 5.92 Å². The first kappa shape index (κ1) is 16.3. The fraction of sp³-hybridized carbons (Fsp3) is 0.824. The van der Waals surface area contributed by atoms with Gasteiger partial charge in [0, 0.05) is 25.7 Å². The van der Waals surface area contributed by atoms with Gasteiger partial charge in [-0.3, -0.25) is 0 Å². The van der Waals surface area contributed by atoms with E-state index in [2.05, 4.69) is 53.5 Å². The summed E-state index contributed by atoms with van der Waals surface area (Å²) in [4.78, 5) is 7.19. The van der Waals surface area contributed by atoms with Crippen molar-refractivity contribution in [3.63, 3.8) is 0 Å². The van der Waals surface area contributed by atoms with E-state index in [1.165, 1.54) is 29.9 Å². The number of hydrogen-bond donors (Lipinski definition) is 0. The van der Waals surface area contributed by atoms with E-state index in [4.69, 9.17) is 4.99 Å². The predicted octanol–water partition coefficient (Wildman–Crippen LogP) is 4.72.